The minimum absolute atomic E-state index is 0.0640. The number of benzene rings is 1. The Morgan fingerprint density at radius 2 is 2.00 bits per heavy atom. The van der Waals surface area contributed by atoms with Crippen molar-refractivity contribution in [3.05, 3.63) is 59.4 Å². The van der Waals surface area contributed by atoms with E-state index in [2.05, 4.69) is 40.0 Å². The van der Waals surface area contributed by atoms with Crippen LogP contribution in [0.3, 0.4) is 0 Å². The first-order chi connectivity index (χ1) is 11.7. The number of amides is 1. The van der Waals surface area contributed by atoms with Crippen LogP contribution in [-0.4, -0.2) is 35.6 Å². The molecule has 0 unspecified atom stereocenters. The molecule has 0 saturated heterocycles. The molecule has 128 valence electrons. The van der Waals surface area contributed by atoms with Crippen LogP contribution in [0.2, 0.25) is 0 Å². The van der Waals surface area contributed by atoms with E-state index >= 15 is 0 Å². The third-order valence-electron chi connectivity index (χ3n) is 4.71. The lowest BCUT2D eigenvalue weighted by molar-refractivity contribution is -0.123. The fourth-order valence-corrected chi connectivity index (χ4v) is 3.30. The van der Waals surface area contributed by atoms with Crippen LogP contribution in [0.15, 0.2) is 42.6 Å². The number of aromatic nitrogens is 1. The first-order valence-electron chi connectivity index (χ1n) is 8.40. The van der Waals surface area contributed by atoms with Crippen molar-refractivity contribution in [2.24, 2.45) is 0 Å². The molecule has 0 bridgehead atoms. The summed E-state index contributed by atoms with van der Waals surface area (Å²) in [5.74, 6) is 0.0640. The molecule has 3 rings (SSSR count). The summed E-state index contributed by atoms with van der Waals surface area (Å²) < 4.78 is 7.48. The Balaban J connectivity index is 1.55. The second-order valence-electron chi connectivity index (χ2n) is 6.25. The number of nitrogens with one attached hydrogen (secondary N) is 1. The van der Waals surface area contributed by atoms with Gasteiger partial charge in [-0.3, -0.25) is 9.69 Å². The molecule has 5 nitrogen and oxygen atoms in total. The highest BCUT2D eigenvalue weighted by atomic mass is 16.5. The van der Waals surface area contributed by atoms with Crippen LogP contribution in [0, 0.1) is 0 Å². The zero-order valence-electron chi connectivity index (χ0n) is 14.4. The summed E-state index contributed by atoms with van der Waals surface area (Å²) in [5.41, 5.74) is 3.50. The summed E-state index contributed by atoms with van der Waals surface area (Å²) in [4.78, 5) is 14.6. The first-order valence-corrected chi connectivity index (χ1v) is 8.40. The van der Waals surface area contributed by atoms with Crippen LogP contribution in [0.5, 0.6) is 0 Å². The summed E-state index contributed by atoms with van der Waals surface area (Å²) in [7, 11) is 1.68. The van der Waals surface area contributed by atoms with Crippen LogP contribution in [0.4, 0.5) is 0 Å². The Morgan fingerprint density at radius 1 is 1.21 bits per heavy atom. The van der Waals surface area contributed by atoms with E-state index in [1.165, 1.54) is 5.69 Å². The Kier molecular flexibility index (Phi) is 5.33. The second kappa shape index (κ2) is 7.64. The molecule has 1 aromatic heterocycles. The third-order valence-corrected chi connectivity index (χ3v) is 4.71. The van der Waals surface area contributed by atoms with Gasteiger partial charge in [-0.25, -0.2) is 0 Å². The number of hydrogen-bond acceptors (Lipinski definition) is 3. The SMILES string of the molecule is COCc1ccccc1CNC(=O)CN1CCn2cccc2[C@H]1C. The van der Waals surface area contributed by atoms with Gasteiger partial charge in [0.05, 0.1) is 13.2 Å². The van der Waals surface area contributed by atoms with Crippen molar-refractivity contribution in [2.75, 3.05) is 20.2 Å². The van der Waals surface area contributed by atoms with Crippen molar-refractivity contribution in [1.82, 2.24) is 14.8 Å². The van der Waals surface area contributed by atoms with Gasteiger partial charge < -0.3 is 14.6 Å². The molecule has 0 aliphatic carbocycles. The van der Waals surface area contributed by atoms with E-state index in [0.29, 0.717) is 19.7 Å². The Labute approximate surface area is 143 Å². The van der Waals surface area contributed by atoms with Gasteiger partial charge >= 0.3 is 0 Å². The maximum absolute atomic E-state index is 12.4. The van der Waals surface area contributed by atoms with Gasteiger partial charge in [-0.05, 0) is 30.2 Å². The lowest BCUT2D eigenvalue weighted by Gasteiger charge is -2.34. The summed E-state index contributed by atoms with van der Waals surface area (Å²) in [5, 5.41) is 3.04. The molecule has 0 saturated carbocycles. The molecule has 1 aliphatic rings. The van der Waals surface area contributed by atoms with Gasteiger partial charge in [0.25, 0.3) is 0 Å². The number of methoxy groups -OCH3 is 1. The van der Waals surface area contributed by atoms with Gasteiger partial charge in [0, 0.05) is 44.7 Å². The summed E-state index contributed by atoms with van der Waals surface area (Å²) in [6.45, 7) is 5.53. The largest absolute Gasteiger partial charge is 0.380 e. The average Bonchev–Trinajstić information content (AvgIpc) is 3.06. The zero-order valence-corrected chi connectivity index (χ0v) is 14.4. The third kappa shape index (κ3) is 3.68. The second-order valence-corrected chi connectivity index (χ2v) is 6.25. The molecule has 5 heteroatoms. The molecule has 1 amide bonds. The minimum Gasteiger partial charge on any atom is -0.380 e. The van der Waals surface area contributed by atoms with Crippen molar-refractivity contribution >= 4 is 5.91 Å². The molecule has 2 aromatic rings. The van der Waals surface area contributed by atoms with Crippen molar-refractivity contribution in [1.29, 1.82) is 0 Å². The highest BCUT2D eigenvalue weighted by Crippen LogP contribution is 2.24. The van der Waals surface area contributed by atoms with Gasteiger partial charge in [-0.2, -0.15) is 0 Å². The van der Waals surface area contributed by atoms with Crippen LogP contribution in [0.25, 0.3) is 0 Å². The molecular weight excluding hydrogens is 302 g/mol. The predicted octanol–water partition coefficient (Wildman–Crippen LogP) is 2.33. The van der Waals surface area contributed by atoms with Gasteiger partial charge in [-0.1, -0.05) is 24.3 Å². The van der Waals surface area contributed by atoms with Gasteiger partial charge in [0.15, 0.2) is 0 Å². The van der Waals surface area contributed by atoms with E-state index in [-0.39, 0.29) is 11.9 Å². The highest BCUT2D eigenvalue weighted by Gasteiger charge is 2.24. The van der Waals surface area contributed by atoms with Crippen molar-refractivity contribution in [3.8, 4) is 0 Å². The maximum atomic E-state index is 12.4. The Hall–Kier alpha value is -2.11. The summed E-state index contributed by atoms with van der Waals surface area (Å²) >= 11 is 0. The van der Waals surface area contributed by atoms with E-state index in [0.717, 1.165) is 24.2 Å². The first kappa shape index (κ1) is 16.7. The average molecular weight is 327 g/mol. The van der Waals surface area contributed by atoms with Crippen LogP contribution >= 0.6 is 0 Å². The van der Waals surface area contributed by atoms with Crippen LogP contribution in [0.1, 0.15) is 29.8 Å². The molecule has 2 heterocycles. The Bertz CT molecular complexity index is 695. The van der Waals surface area contributed by atoms with Crippen molar-refractivity contribution < 1.29 is 9.53 Å². The van der Waals surface area contributed by atoms with Crippen LogP contribution in [-0.2, 0) is 29.2 Å². The number of carbonyl (C=O) groups is 1. The maximum Gasteiger partial charge on any atom is 0.234 e. The minimum atomic E-state index is 0.0640. The normalized spacial score (nSPS) is 17.5. The Morgan fingerprint density at radius 3 is 2.79 bits per heavy atom. The molecule has 1 aliphatic heterocycles. The van der Waals surface area contributed by atoms with Crippen molar-refractivity contribution in [3.63, 3.8) is 0 Å². The predicted molar refractivity (Wildman–Crippen MR) is 93.4 cm³/mol. The van der Waals surface area contributed by atoms with Crippen LogP contribution < -0.4 is 5.32 Å². The summed E-state index contributed by atoms with van der Waals surface area (Å²) in [6, 6.07) is 12.5. The lowest BCUT2D eigenvalue weighted by atomic mass is 10.1. The number of hydrogen-bond donors (Lipinski definition) is 1. The fraction of sp³-hybridized carbons (Fsp3) is 0.421. The van der Waals surface area contributed by atoms with Gasteiger partial charge in [0.1, 0.15) is 0 Å². The molecular formula is C19H25N3O2. The van der Waals surface area contributed by atoms with E-state index < -0.39 is 0 Å². The van der Waals surface area contributed by atoms with Gasteiger partial charge in [-0.15, -0.1) is 0 Å². The van der Waals surface area contributed by atoms with E-state index in [4.69, 9.17) is 4.74 Å². The molecule has 0 radical (unpaired) electrons. The number of nitrogens with zero attached hydrogens (tertiary/aromatic N) is 2. The summed E-state index contributed by atoms with van der Waals surface area (Å²) in [6.07, 6.45) is 2.11. The highest BCUT2D eigenvalue weighted by molar-refractivity contribution is 5.78. The molecule has 1 N–H and O–H groups in total. The molecule has 1 atom stereocenters. The smallest absolute Gasteiger partial charge is 0.234 e. The van der Waals surface area contributed by atoms with Crippen molar-refractivity contribution in [2.45, 2.75) is 32.7 Å². The molecule has 24 heavy (non-hydrogen) atoms. The number of rotatable bonds is 6. The number of ether oxygens (including phenoxy) is 1. The standard InChI is InChI=1S/C19H25N3O2/c1-15-18-8-5-9-21(18)10-11-22(15)13-19(23)20-12-16-6-3-4-7-17(16)14-24-2/h3-9,15H,10-14H2,1-2H3,(H,20,23)/t15-/m1/s1. The zero-order chi connectivity index (χ0) is 16.9. The lowest BCUT2D eigenvalue weighted by Crippen LogP contribution is -2.43. The monoisotopic (exact) mass is 327 g/mol. The van der Waals surface area contributed by atoms with E-state index in [1.807, 2.05) is 24.3 Å². The van der Waals surface area contributed by atoms with Gasteiger partial charge in [0.2, 0.25) is 5.91 Å². The number of carbonyl (C=O) groups excluding carboxylic acids is 1. The molecule has 1 aromatic carbocycles. The quantitative estimate of drug-likeness (QED) is 0.886. The molecule has 0 fully saturated rings. The van der Waals surface area contributed by atoms with E-state index in [9.17, 15) is 4.79 Å². The topological polar surface area (TPSA) is 46.5 Å². The fourth-order valence-electron chi connectivity index (χ4n) is 3.30. The molecule has 0 spiro atoms. The van der Waals surface area contributed by atoms with E-state index in [1.54, 1.807) is 7.11 Å². The number of fused-ring (bicyclic) bond motifs is 1.